The van der Waals surface area contributed by atoms with Gasteiger partial charge >= 0.3 is 0 Å². The summed E-state index contributed by atoms with van der Waals surface area (Å²) in [5.41, 5.74) is 3.78. The number of nitrogens with one attached hydrogen (secondary N) is 1. The molecule has 0 radical (unpaired) electrons. The molecule has 20 heavy (non-hydrogen) atoms. The number of aryl methyl sites for hydroxylation is 1. The summed E-state index contributed by atoms with van der Waals surface area (Å²) in [6, 6.07) is 13.4. The van der Waals surface area contributed by atoms with Crippen molar-refractivity contribution in [1.82, 2.24) is 5.32 Å². The molecule has 0 saturated carbocycles. The van der Waals surface area contributed by atoms with E-state index in [0.29, 0.717) is 6.04 Å². The number of halogens is 2. The summed E-state index contributed by atoms with van der Waals surface area (Å²) < 4.78 is 13.0. The van der Waals surface area contributed by atoms with E-state index in [2.05, 4.69) is 24.4 Å². The highest BCUT2D eigenvalue weighted by Gasteiger charge is 2.23. The molecule has 2 aromatic rings. The van der Waals surface area contributed by atoms with Crippen molar-refractivity contribution in [2.45, 2.75) is 31.8 Å². The summed E-state index contributed by atoms with van der Waals surface area (Å²) in [6.45, 7) is 2.11. The van der Waals surface area contributed by atoms with E-state index in [9.17, 15) is 4.39 Å². The lowest BCUT2D eigenvalue weighted by molar-refractivity contribution is 0.464. The van der Waals surface area contributed by atoms with E-state index in [1.165, 1.54) is 23.3 Å². The highest BCUT2D eigenvalue weighted by Crippen LogP contribution is 2.34. The van der Waals surface area contributed by atoms with Gasteiger partial charge in [-0.25, -0.2) is 4.39 Å². The summed E-state index contributed by atoms with van der Waals surface area (Å²) in [4.78, 5) is 0. The molecule has 1 N–H and O–H groups in total. The Balaban J connectivity index is 1.75. The van der Waals surface area contributed by atoms with Gasteiger partial charge in [-0.15, -0.1) is 0 Å². The van der Waals surface area contributed by atoms with Gasteiger partial charge in [0.05, 0.1) is 0 Å². The highest BCUT2D eigenvalue weighted by atomic mass is 35.5. The van der Waals surface area contributed by atoms with Crippen LogP contribution >= 0.6 is 11.6 Å². The number of benzene rings is 2. The van der Waals surface area contributed by atoms with Crippen molar-refractivity contribution in [2.75, 3.05) is 0 Å². The van der Waals surface area contributed by atoms with Crippen molar-refractivity contribution in [3.05, 3.63) is 70.0 Å². The lowest BCUT2D eigenvalue weighted by atomic mass is 10.0. The van der Waals surface area contributed by atoms with Crippen LogP contribution in [0.1, 0.15) is 42.1 Å². The second-order valence-corrected chi connectivity index (χ2v) is 5.81. The molecule has 1 aliphatic carbocycles. The van der Waals surface area contributed by atoms with Crippen molar-refractivity contribution in [1.29, 1.82) is 0 Å². The van der Waals surface area contributed by atoms with Crippen LogP contribution in [0.2, 0.25) is 5.02 Å². The Labute approximate surface area is 123 Å². The first-order valence-electron chi connectivity index (χ1n) is 6.93. The molecular formula is C17H17ClFN. The van der Waals surface area contributed by atoms with Gasteiger partial charge in [0.1, 0.15) is 5.82 Å². The standard InChI is InChI=1S/C17H17ClFN/c1-11(12-2-6-15(19)7-3-12)20-17-9-4-13-10-14(18)5-8-16(13)17/h2-3,5-8,10-11,17,20H,4,9H2,1H3. The van der Waals surface area contributed by atoms with Crippen LogP contribution in [0.15, 0.2) is 42.5 Å². The van der Waals surface area contributed by atoms with Gasteiger partial charge in [-0.1, -0.05) is 29.8 Å². The van der Waals surface area contributed by atoms with E-state index in [-0.39, 0.29) is 11.9 Å². The highest BCUT2D eigenvalue weighted by molar-refractivity contribution is 6.30. The fourth-order valence-electron chi connectivity index (χ4n) is 2.91. The monoisotopic (exact) mass is 289 g/mol. The zero-order valence-corrected chi connectivity index (χ0v) is 12.1. The minimum atomic E-state index is -0.193. The number of hydrogen-bond donors (Lipinski definition) is 1. The van der Waals surface area contributed by atoms with E-state index < -0.39 is 0 Å². The minimum Gasteiger partial charge on any atom is -0.303 e. The van der Waals surface area contributed by atoms with Crippen molar-refractivity contribution in [3.63, 3.8) is 0 Å². The van der Waals surface area contributed by atoms with Crippen molar-refractivity contribution in [2.24, 2.45) is 0 Å². The van der Waals surface area contributed by atoms with Gasteiger partial charge in [0, 0.05) is 17.1 Å². The predicted octanol–water partition coefficient (Wildman–Crippen LogP) is 4.82. The van der Waals surface area contributed by atoms with Crippen LogP contribution in [-0.4, -0.2) is 0 Å². The molecule has 0 fully saturated rings. The molecular weight excluding hydrogens is 273 g/mol. The molecule has 0 spiro atoms. The van der Waals surface area contributed by atoms with E-state index in [1.807, 2.05) is 18.2 Å². The zero-order chi connectivity index (χ0) is 14.1. The van der Waals surface area contributed by atoms with Crippen LogP contribution < -0.4 is 5.32 Å². The number of hydrogen-bond acceptors (Lipinski definition) is 1. The van der Waals surface area contributed by atoms with Gasteiger partial charge in [0.15, 0.2) is 0 Å². The first kappa shape index (κ1) is 13.6. The molecule has 1 nitrogen and oxygen atoms in total. The Morgan fingerprint density at radius 1 is 1.20 bits per heavy atom. The third-order valence-electron chi connectivity index (χ3n) is 4.00. The van der Waals surface area contributed by atoms with E-state index in [4.69, 9.17) is 11.6 Å². The molecule has 0 heterocycles. The maximum atomic E-state index is 13.0. The largest absolute Gasteiger partial charge is 0.303 e. The van der Waals surface area contributed by atoms with Crippen molar-refractivity contribution in [3.8, 4) is 0 Å². The first-order valence-corrected chi connectivity index (χ1v) is 7.31. The number of fused-ring (bicyclic) bond motifs is 1. The van der Waals surface area contributed by atoms with Gasteiger partial charge in [0.2, 0.25) is 0 Å². The molecule has 0 saturated heterocycles. The van der Waals surface area contributed by atoms with Crippen molar-refractivity contribution < 1.29 is 4.39 Å². The Morgan fingerprint density at radius 2 is 1.95 bits per heavy atom. The quantitative estimate of drug-likeness (QED) is 0.854. The maximum absolute atomic E-state index is 13.0. The third kappa shape index (κ3) is 2.72. The van der Waals surface area contributed by atoms with Gasteiger partial charge in [-0.3, -0.25) is 0 Å². The minimum absolute atomic E-state index is 0.193. The molecule has 1 aliphatic rings. The van der Waals surface area contributed by atoms with Crippen LogP contribution in [0.5, 0.6) is 0 Å². The Bertz CT molecular complexity index is 609. The van der Waals surface area contributed by atoms with E-state index >= 15 is 0 Å². The molecule has 104 valence electrons. The summed E-state index contributed by atoms with van der Waals surface area (Å²) in [7, 11) is 0. The van der Waals surface area contributed by atoms with Crippen LogP contribution in [-0.2, 0) is 6.42 Å². The average Bonchev–Trinajstić information content (AvgIpc) is 2.81. The second-order valence-electron chi connectivity index (χ2n) is 5.37. The lowest BCUT2D eigenvalue weighted by Gasteiger charge is -2.21. The molecule has 0 aromatic heterocycles. The molecule has 2 atom stereocenters. The molecule has 0 bridgehead atoms. The molecule has 3 heteroatoms. The van der Waals surface area contributed by atoms with E-state index in [0.717, 1.165) is 23.4 Å². The SMILES string of the molecule is CC(NC1CCc2cc(Cl)ccc21)c1ccc(F)cc1. The van der Waals surface area contributed by atoms with Crippen LogP contribution in [0.3, 0.4) is 0 Å². The average molecular weight is 290 g/mol. The molecule has 0 aliphatic heterocycles. The summed E-state index contributed by atoms with van der Waals surface area (Å²) in [5, 5.41) is 4.43. The second kappa shape index (κ2) is 5.55. The van der Waals surface area contributed by atoms with Crippen molar-refractivity contribution >= 4 is 11.6 Å². The third-order valence-corrected chi connectivity index (χ3v) is 4.24. The smallest absolute Gasteiger partial charge is 0.123 e. The predicted molar refractivity (Wildman–Crippen MR) is 80.5 cm³/mol. The maximum Gasteiger partial charge on any atom is 0.123 e. The van der Waals surface area contributed by atoms with Crippen LogP contribution in [0.25, 0.3) is 0 Å². The zero-order valence-electron chi connectivity index (χ0n) is 11.4. The fourth-order valence-corrected chi connectivity index (χ4v) is 3.10. The lowest BCUT2D eigenvalue weighted by Crippen LogP contribution is -2.23. The van der Waals surface area contributed by atoms with E-state index in [1.54, 1.807) is 0 Å². The normalized spacial score (nSPS) is 18.9. The van der Waals surface area contributed by atoms with Gasteiger partial charge in [-0.05, 0) is 60.7 Å². The molecule has 2 aromatic carbocycles. The molecule has 0 amide bonds. The first-order chi connectivity index (χ1) is 9.63. The Kier molecular flexibility index (Phi) is 3.77. The van der Waals surface area contributed by atoms with Crippen LogP contribution in [0, 0.1) is 5.82 Å². The van der Waals surface area contributed by atoms with Gasteiger partial charge < -0.3 is 5.32 Å². The van der Waals surface area contributed by atoms with Crippen LogP contribution in [0.4, 0.5) is 4.39 Å². The molecule has 2 unspecified atom stereocenters. The Morgan fingerprint density at radius 3 is 2.70 bits per heavy atom. The fraction of sp³-hybridized carbons (Fsp3) is 0.294. The summed E-state index contributed by atoms with van der Waals surface area (Å²) >= 11 is 6.03. The number of rotatable bonds is 3. The summed E-state index contributed by atoms with van der Waals surface area (Å²) in [5.74, 6) is -0.193. The van der Waals surface area contributed by atoms with Gasteiger partial charge in [-0.2, -0.15) is 0 Å². The summed E-state index contributed by atoms with van der Waals surface area (Å²) in [6.07, 6.45) is 2.14. The topological polar surface area (TPSA) is 12.0 Å². The molecule has 3 rings (SSSR count). The Hall–Kier alpha value is -1.38. The van der Waals surface area contributed by atoms with Gasteiger partial charge in [0.25, 0.3) is 0 Å².